The first-order valence-electron chi connectivity index (χ1n) is 5.78. The molecule has 1 aromatic carbocycles. The molecule has 0 spiro atoms. The molecule has 1 aromatic rings. The molecule has 16 heavy (non-hydrogen) atoms. The van der Waals surface area contributed by atoms with Gasteiger partial charge in [-0.15, -0.1) is 0 Å². The molecule has 1 rings (SSSR count). The minimum Gasteiger partial charge on any atom is -0.384 e. The smallest absolute Gasteiger partial charge is 0.100 e. The average Bonchev–Trinajstić information content (AvgIpc) is 2.25. The number of allylic oxidation sites excluding steroid dienone is 1. The van der Waals surface area contributed by atoms with Crippen LogP contribution < -0.4 is 0 Å². The number of hydrogen-bond donors (Lipinski definition) is 1. The van der Waals surface area contributed by atoms with Gasteiger partial charge in [0.15, 0.2) is 0 Å². The van der Waals surface area contributed by atoms with Crippen molar-refractivity contribution in [3.8, 4) is 0 Å². The zero-order valence-corrected chi connectivity index (χ0v) is 11.2. The molecule has 0 aromatic heterocycles. The number of rotatable bonds is 2. The number of aliphatic hydroxyl groups is 1. The Kier molecular flexibility index (Phi) is 3.93. The van der Waals surface area contributed by atoms with Crippen LogP contribution in [0.4, 0.5) is 0 Å². The Morgan fingerprint density at radius 2 is 1.56 bits per heavy atom. The predicted molar refractivity (Wildman–Crippen MR) is 69.8 cm³/mol. The third kappa shape index (κ3) is 2.19. The minimum atomic E-state index is -0.469. The summed E-state index contributed by atoms with van der Waals surface area (Å²) >= 11 is 0. The number of aryl methyl sites for hydroxylation is 2. The van der Waals surface area contributed by atoms with Crippen molar-refractivity contribution in [2.45, 2.75) is 47.6 Å². The van der Waals surface area contributed by atoms with Crippen molar-refractivity contribution in [2.75, 3.05) is 0 Å². The third-order valence-electron chi connectivity index (χ3n) is 3.58. The van der Waals surface area contributed by atoms with Crippen LogP contribution in [0, 0.1) is 27.7 Å². The van der Waals surface area contributed by atoms with Crippen LogP contribution >= 0.6 is 0 Å². The van der Waals surface area contributed by atoms with Crippen molar-refractivity contribution in [2.24, 2.45) is 0 Å². The lowest BCUT2D eigenvalue weighted by Gasteiger charge is -2.20. The molecule has 88 valence electrons. The van der Waals surface area contributed by atoms with E-state index in [1.807, 2.05) is 19.9 Å². The normalized spacial score (nSPS) is 14.1. The van der Waals surface area contributed by atoms with E-state index in [0.717, 1.165) is 11.1 Å². The van der Waals surface area contributed by atoms with Gasteiger partial charge in [0.1, 0.15) is 6.10 Å². The van der Waals surface area contributed by atoms with Crippen LogP contribution in [0.1, 0.15) is 47.8 Å². The van der Waals surface area contributed by atoms with E-state index < -0.39 is 6.10 Å². The van der Waals surface area contributed by atoms with Gasteiger partial charge in [0.25, 0.3) is 0 Å². The first-order valence-corrected chi connectivity index (χ1v) is 5.78. The van der Waals surface area contributed by atoms with E-state index in [0.29, 0.717) is 0 Å². The maximum Gasteiger partial charge on any atom is 0.100 e. The fraction of sp³-hybridized carbons (Fsp3) is 0.467. The Hall–Kier alpha value is -1.08. The molecule has 1 nitrogen and oxygen atoms in total. The van der Waals surface area contributed by atoms with Gasteiger partial charge in [-0.1, -0.05) is 12.1 Å². The Morgan fingerprint density at radius 3 is 1.94 bits per heavy atom. The van der Waals surface area contributed by atoms with Crippen LogP contribution in [-0.2, 0) is 0 Å². The summed E-state index contributed by atoms with van der Waals surface area (Å²) in [6.07, 6.45) is 1.50. The lowest BCUT2D eigenvalue weighted by Crippen LogP contribution is -2.07. The number of hydrogen-bond acceptors (Lipinski definition) is 1. The zero-order valence-electron chi connectivity index (χ0n) is 11.2. The van der Waals surface area contributed by atoms with E-state index in [4.69, 9.17) is 0 Å². The van der Waals surface area contributed by atoms with E-state index >= 15 is 0 Å². The topological polar surface area (TPSA) is 20.2 Å². The van der Waals surface area contributed by atoms with Crippen molar-refractivity contribution in [3.63, 3.8) is 0 Å². The summed E-state index contributed by atoms with van der Waals surface area (Å²) in [4.78, 5) is 0. The second kappa shape index (κ2) is 4.84. The highest BCUT2D eigenvalue weighted by atomic mass is 16.3. The van der Waals surface area contributed by atoms with E-state index in [1.165, 1.54) is 22.3 Å². The third-order valence-corrected chi connectivity index (χ3v) is 3.58. The lowest BCUT2D eigenvalue weighted by atomic mass is 9.88. The fourth-order valence-corrected chi connectivity index (χ4v) is 2.04. The standard InChI is InChI=1S/C15H22O/c1-7-9(2)15(16)14-12(5)10(3)8-11(4)13(14)6/h7-8,15-16H,1-6H3/b9-7+. The summed E-state index contributed by atoms with van der Waals surface area (Å²) in [5.74, 6) is 0. The van der Waals surface area contributed by atoms with Gasteiger partial charge < -0.3 is 5.11 Å². The van der Waals surface area contributed by atoms with Crippen LogP contribution in [0.5, 0.6) is 0 Å². The quantitative estimate of drug-likeness (QED) is 0.746. The molecule has 1 unspecified atom stereocenters. The first-order chi connectivity index (χ1) is 7.40. The van der Waals surface area contributed by atoms with Crippen molar-refractivity contribution in [1.29, 1.82) is 0 Å². The van der Waals surface area contributed by atoms with Gasteiger partial charge in [0.2, 0.25) is 0 Å². The number of benzene rings is 1. The molecule has 0 aliphatic carbocycles. The summed E-state index contributed by atoms with van der Waals surface area (Å²) in [5.41, 5.74) is 7.00. The highest BCUT2D eigenvalue weighted by molar-refractivity contribution is 5.47. The van der Waals surface area contributed by atoms with Gasteiger partial charge in [0, 0.05) is 0 Å². The van der Waals surface area contributed by atoms with E-state index in [1.54, 1.807) is 0 Å². The second-order valence-corrected chi connectivity index (χ2v) is 4.61. The Bertz CT molecular complexity index is 401. The molecule has 1 N–H and O–H groups in total. The monoisotopic (exact) mass is 218 g/mol. The van der Waals surface area contributed by atoms with Gasteiger partial charge in [-0.25, -0.2) is 0 Å². The molecule has 0 bridgehead atoms. The summed E-state index contributed by atoms with van der Waals surface area (Å²) < 4.78 is 0. The van der Waals surface area contributed by atoms with Crippen LogP contribution in [-0.4, -0.2) is 5.11 Å². The molecule has 0 fully saturated rings. The average molecular weight is 218 g/mol. The Morgan fingerprint density at radius 1 is 1.12 bits per heavy atom. The largest absolute Gasteiger partial charge is 0.384 e. The molecule has 0 saturated carbocycles. The molecule has 0 aliphatic heterocycles. The van der Waals surface area contributed by atoms with Gasteiger partial charge in [-0.3, -0.25) is 0 Å². The molecule has 0 saturated heterocycles. The second-order valence-electron chi connectivity index (χ2n) is 4.61. The molecular formula is C15H22O. The highest BCUT2D eigenvalue weighted by Gasteiger charge is 2.17. The maximum absolute atomic E-state index is 10.3. The van der Waals surface area contributed by atoms with Gasteiger partial charge in [0.05, 0.1) is 0 Å². The summed E-state index contributed by atoms with van der Waals surface area (Å²) in [7, 11) is 0. The van der Waals surface area contributed by atoms with E-state index in [2.05, 4.69) is 33.8 Å². The summed E-state index contributed by atoms with van der Waals surface area (Å²) in [5, 5.41) is 10.3. The zero-order chi connectivity index (χ0) is 12.5. The van der Waals surface area contributed by atoms with Gasteiger partial charge in [-0.05, 0) is 74.9 Å². The van der Waals surface area contributed by atoms with Crippen LogP contribution in [0.2, 0.25) is 0 Å². The van der Waals surface area contributed by atoms with E-state index in [9.17, 15) is 5.11 Å². The lowest BCUT2D eigenvalue weighted by molar-refractivity contribution is 0.214. The molecule has 0 aliphatic rings. The van der Waals surface area contributed by atoms with Gasteiger partial charge in [-0.2, -0.15) is 0 Å². The van der Waals surface area contributed by atoms with Crippen molar-refractivity contribution in [3.05, 3.63) is 45.5 Å². The van der Waals surface area contributed by atoms with Crippen molar-refractivity contribution < 1.29 is 5.11 Å². The molecular weight excluding hydrogens is 196 g/mol. The fourth-order valence-electron chi connectivity index (χ4n) is 2.04. The number of aliphatic hydroxyl groups excluding tert-OH is 1. The molecule has 0 amide bonds. The van der Waals surface area contributed by atoms with E-state index in [-0.39, 0.29) is 0 Å². The van der Waals surface area contributed by atoms with Gasteiger partial charge >= 0.3 is 0 Å². The molecule has 1 atom stereocenters. The van der Waals surface area contributed by atoms with Crippen LogP contribution in [0.15, 0.2) is 17.7 Å². The van der Waals surface area contributed by atoms with Crippen LogP contribution in [0.3, 0.4) is 0 Å². The predicted octanol–water partition coefficient (Wildman–Crippen LogP) is 3.92. The minimum absolute atomic E-state index is 0.469. The first kappa shape index (κ1) is 13.0. The SMILES string of the molecule is C/C=C(\C)C(O)c1c(C)c(C)cc(C)c1C. The highest BCUT2D eigenvalue weighted by Crippen LogP contribution is 2.31. The molecule has 0 heterocycles. The maximum atomic E-state index is 10.3. The van der Waals surface area contributed by atoms with Crippen molar-refractivity contribution >= 4 is 0 Å². The van der Waals surface area contributed by atoms with Crippen molar-refractivity contribution in [1.82, 2.24) is 0 Å². The molecule has 0 radical (unpaired) electrons. The van der Waals surface area contributed by atoms with Crippen LogP contribution in [0.25, 0.3) is 0 Å². The summed E-state index contributed by atoms with van der Waals surface area (Å²) in [6.45, 7) is 12.3. The molecule has 1 heteroatoms. The Balaban J connectivity index is 3.43. The summed E-state index contributed by atoms with van der Waals surface area (Å²) in [6, 6.07) is 2.19. The Labute approximate surface area is 98.8 Å².